The fourth-order valence-electron chi connectivity index (χ4n) is 3.53. The van der Waals surface area contributed by atoms with Crippen LogP contribution in [0.2, 0.25) is 0 Å². The summed E-state index contributed by atoms with van der Waals surface area (Å²) in [4.78, 5) is 10.2. The Bertz CT molecular complexity index is 673. The maximum absolute atomic E-state index is 12.8. The molecule has 2 atom stereocenters. The second kappa shape index (κ2) is 4.75. The van der Waals surface area contributed by atoms with E-state index in [0.29, 0.717) is 19.0 Å². The third kappa shape index (κ3) is 2.14. The number of benzene rings is 1. The molecular formula is C13H17N3O4S. The van der Waals surface area contributed by atoms with Gasteiger partial charge >= 0.3 is 0 Å². The molecule has 1 heterocycles. The Hall–Kier alpha value is -1.51. The van der Waals surface area contributed by atoms with E-state index >= 15 is 0 Å². The zero-order chi connectivity index (χ0) is 15.3. The average molecular weight is 311 g/mol. The van der Waals surface area contributed by atoms with Crippen molar-refractivity contribution in [2.45, 2.75) is 29.7 Å². The minimum atomic E-state index is -3.65. The zero-order valence-corrected chi connectivity index (χ0v) is 12.3. The van der Waals surface area contributed by atoms with E-state index in [1.807, 2.05) is 0 Å². The molecule has 8 heteroatoms. The van der Waals surface area contributed by atoms with E-state index in [4.69, 9.17) is 5.73 Å². The van der Waals surface area contributed by atoms with Crippen LogP contribution >= 0.6 is 0 Å². The maximum Gasteiger partial charge on any atom is 0.269 e. The van der Waals surface area contributed by atoms with Crippen LogP contribution in [-0.4, -0.2) is 36.3 Å². The van der Waals surface area contributed by atoms with Crippen molar-refractivity contribution >= 4 is 15.7 Å². The van der Waals surface area contributed by atoms with Gasteiger partial charge < -0.3 is 5.73 Å². The summed E-state index contributed by atoms with van der Waals surface area (Å²) in [5.41, 5.74) is 5.25. The summed E-state index contributed by atoms with van der Waals surface area (Å²) < 4.78 is 27.0. The van der Waals surface area contributed by atoms with Gasteiger partial charge in [-0.15, -0.1) is 0 Å². The van der Waals surface area contributed by atoms with Crippen molar-refractivity contribution in [2.75, 3.05) is 13.1 Å². The summed E-state index contributed by atoms with van der Waals surface area (Å²) in [6.45, 7) is 0.812. The number of sulfonamides is 1. The number of nitrogens with two attached hydrogens (primary N) is 1. The van der Waals surface area contributed by atoms with Crippen molar-refractivity contribution in [3.63, 3.8) is 0 Å². The number of nitrogens with zero attached hydrogens (tertiary/aromatic N) is 2. The molecule has 0 radical (unpaired) electrons. The van der Waals surface area contributed by atoms with E-state index in [-0.39, 0.29) is 10.6 Å². The lowest BCUT2D eigenvalue weighted by Crippen LogP contribution is -2.52. The molecular weight excluding hydrogens is 294 g/mol. The van der Waals surface area contributed by atoms with Crippen LogP contribution in [0.1, 0.15) is 19.3 Å². The minimum Gasteiger partial charge on any atom is -0.329 e. The van der Waals surface area contributed by atoms with Crippen molar-refractivity contribution in [3.8, 4) is 0 Å². The van der Waals surface area contributed by atoms with Crippen LogP contribution in [0.25, 0.3) is 0 Å². The van der Waals surface area contributed by atoms with Crippen molar-refractivity contribution in [2.24, 2.45) is 11.7 Å². The highest BCUT2D eigenvalue weighted by atomic mass is 32.2. The third-order valence-electron chi connectivity index (χ3n) is 4.66. The molecule has 0 spiro atoms. The van der Waals surface area contributed by atoms with Gasteiger partial charge in [-0.3, -0.25) is 10.1 Å². The van der Waals surface area contributed by atoms with Crippen LogP contribution in [0.4, 0.5) is 5.69 Å². The second-order valence-corrected chi connectivity index (χ2v) is 7.69. The summed E-state index contributed by atoms with van der Waals surface area (Å²) in [5, 5.41) is 10.6. The first-order valence-electron chi connectivity index (χ1n) is 6.86. The van der Waals surface area contributed by atoms with Gasteiger partial charge in [-0.1, -0.05) is 0 Å². The molecule has 1 saturated heterocycles. The van der Waals surface area contributed by atoms with Crippen LogP contribution in [0.15, 0.2) is 29.2 Å². The van der Waals surface area contributed by atoms with Gasteiger partial charge in [0.1, 0.15) is 0 Å². The van der Waals surface area contributed by atoms with E-state index in [0.717, 1.165) is 19.3 Å². The van der Waals surface area contributed by atoms with Crippen molar-refractivity contribution in [1.29, 1.82) is 0 Å². The van der Waals surface area contributed by atoms with Crippen LogP contribution in [-0.2, 0) is 10.0 Å². The Morgan fingerprint density at radius 3 is 2.57 bits per heavy atom. The largest absolute Gasteiger partial charge is 0.329 e. The fourth-order valence-corrected chi connectivity index (χ4v) is 5.42. The van der Waals surface area contributed by atoms with Crippen LogP contribution < -0.4 is 5.73 Å². The first kappa shape index (κ1) is 14.4. The SMILES string of the molecule is NCC12CCC(CN1S(=O)(=O)c1ccc([N+](=O)[O-])cc1)C2. The lowest BCUT2D eigenvalue weighted by atomic mass is 10.00. The minimum absolute atomic E-state index is 0.0912. The zero-order valence-electron chi connectivity index (χ0n) is 11.4. The smallest absolute Gasteiger partial charge is 0.269 e. The number of piperidine rings is 1. The predicted molar refractivity (Wildman–Crippen MR) is 76.1 cm³/mol. The number of nitro benzene ring substituents is 1. The topological polar surface area (TPSA) is 107 Å². The Labute approximate surface area is 122 Å². The normalized spacial score (nSPS) is 28.9. The molecule has 1 aliphatic heterocycles. The molecule has 1 saturated carbocycles. The molecule has 1 aliphatic carbocycles. The van der Waals surface area contributed by atoms with Gasteiger partial charge in [0.25, 0.3) is 5.69 Å². The molecule has 7 nitrogen and oxygen atoms in total. The molecule has 1 aromatic carbocycles. The van der Waals surface area contributed by atoms with E-state index in [9.17, 15) is 18.5 Å². The molecule has 21 heavy (non-hydrogen) atoms. The van der Waals surface area contributed by atoms with Gasteiger partial charge in [0.15, 0.2) is 0 Å². The summed E-state index contributed by atoms with van der Waals surface area (Å²) in [7, 11) is -3.65. The molecule has 114 valence electrons. The standard InChI is InChI=1S/C13H17N3O4S/c14-9-13-6-5-10(7-13)8-15(13)21(19,20)12-3-1-11(2-4-12)16(17)18/h1-4,10H,5-9,14H2. The molecule has 3 rings (SSSR count). The molecule has 0 aromatic heterocycles. The molecule has 2 aliphatic rings. The predicted octanol–water partition coefficient (Wildman–Crippen LogP) is 1.10. The van der Waals surface area contributed by atoms with Gasteiger partial charge in [0.2, 0.25) is 10.0 Å². The first-order chi connectivity index (χ1) is 9.89. The molecule has 0 amide bonds. The summed E-state index contributed by atoms with van der Waals surface area (Å²) in [6, 6.07) is 5.03. The van der Waals surface area contributed by atoms with E-state index in [1.54, 1.807) is 0 Å². The number of nitro groups is 1. The Kier molecular flexibility index (Phi) is 3.27. The van der Waals surface area contributed by atoms with E-state index < -0.39 is 20.5 Å². The third-order valence-corrected chi connectivity index (χ3v) is 6.64. The highest BCUT2D eigenvalue weighted by molar-refractivity contribution is 7.89. The van der Waals surface area contributed by atoms with Crippen LogP contribution in [0.5, 0.6) is 0 Å². The van der Waals surface area contributed by atoms with Crippen molar-refractivity contribution in [1.82, 2.24) is 4.31 Å². The molecule has 2 fully saturated rings. The molecule has 2 bridgehead atoms. The van der Waals surface area contributed by atoms with Gasteiger partial charge in [0, 0.05) is 30.8 Å². The molecule has 1 aromatic rings. The number of non-ortho nitro benzene ring substituents is 1. The summed E-state index contributed by atoms with van der Waals surface area (Å²) >= 11 is 0. The van der Waals surface area contributed by atoms with E-state index in [2.05, 4.69) is 0 Å². The lowest BCUT2D eigenvalue weighted by molar-refractivity contribution is -0.384. The first-order valence-corrected chi connectivity index (χ1v) is 8.30. The van der Waals surface area contributed by atoms with Gasteiger partial charge in [-0.25, -0.2) is 8.42 Å². The number of hydrogen-bond acceptors (Lipinski definition) is 5. The summed E-state index contributed by atoms with van der Waals surface area (Å²) in [5.74, 6) is 0.376. The van der Waals surface area contributed by atoms with Crippen LogP contribution in [0.3, 0.4) is 0 Å². The quantitative estimate of drug-likeness (QED) is 0.662. The Morgan fingerprint density at radius 2 is 2.05 bits per heavy atom. The monoisotopic (exact) mass is 311 g/mol. The summed E-state index contributed by atoms with van der Waals surface area (Å²) in [6.07, 6.45) is 2.62. The molecule has 2 unspecified atom stereocenters. The van der Waals surface area contributed by atoms with Crippen molar-refractivity contribution in [3.05, 3.63) is 34.4 Å². The van der Waals surface area contributed by atoms with Crippen LogP contribution in [0, 0.1) is 16.0 Å². The second-order valence-electron chi connectivity index (χ2n) is 5.82. The Balaban J connectivity index is 1.95. The lowest BCUT2D eigenvalue weighted by Gasteiger charge is -2.36. The maximum atomic E-state index is 12.8. The molecule has 2 N–H and O–H groups in total. The fraction of sp³-hybridized carbons (Fsp3) is 0.538. The average Bonchev–Trinajstić information content (AvgIpc) is 3.06. The van der Waals surface area contributed by atoms with E-state index in [1.165, 1.54) is 28.6 Å². The Morgan fingerprint density at radius 1 is 1.38 bits per heavy atom. The number of hydrogen-bond donors (Lipinski definition) is 1. The number of rotatable bonds is 4. The highest BCUT2D eigenvalue weighted by Gasteiger charge is 2.54. The van der Waals surface area contributed by atoms with Gasteiger partial charge in [0.05, 0.1) is 9.82 Å². The highest BCUT2D eigenvalue weighted by Crippen LogP contribution is 2.48. The van der Waals surface area contributed by atoms with Gasteiger partial charge in [-0.2, -0.15) is 4.31 Å². The van der Waals surface area contributed by atoms with Gasteiger partial charge in [-0.05, 0) is 37.3 Å². The number of fused-ring (bicyclic) bond motifs is 2. The van der Waals surface area contributed by atoms with Crippen molar-refractivity contribution < 1.29 is 13.3 Å².